The van der Waals surface area contributed by atoms with Gasteiger partial charge in [0.05, 0.1) is 5.02 Å². The molecule has 3 nitrogen and oxygen atoms in total. The van der Waals surface area contributed by atoms with E-state index in [9.17, 15) is 9.18 Å². The Morgan fingerprint density at radius 1 is 0.962 bits per heavy atom. The van der Waals surface area contributed by atoms with Gasteiger partial charge in [0.15, 0.2) is 0 Å². The van der Waals surface area contributed by atoms with Crippen molar-refractivity contribution in [2.24, 2.45) is 0 Å². The Hall–Kier alpha value is -0.970. The summed E-state index contributed by atoms with van der Waals surface area (Å²) in [6, 6.07) is 4.38. The predicted octanol–water partition coefficient (Wildman–Crippen LogP) is 5.55. The number of hydrogen-bond donors (Lipinski definition) is 0. The molecule has 1 aliphatic heterocycles. The van der Waals surface area contributed by atoms with E-state index in [0.29, 0.717) is 5.56 Å². The summed E-state index contributed by atoms with van der Waals surface area (Å²) in [5.74, 6) is -0.466. The van der Waals surface area contributed by atoms with Gasteiger partial charge in [-0.05, 0) is 38.7 Å². The molecule has 0 aromatic heterocycles. The Labute approximate surface area is 166 Å². The molecule has 1 aromatic carbocycles. The maximum absolute atomic E-state index is 12.8. The molecule has 1 fully saturated rings. The van der Waals surface area contributed by atoms with Gasteiger partial charge in [-0.2, -0.15) is 0 Å². The molecule has 5 heteroatoms. The van der Waals surface area contributed by atoms with Crippen LogP contribution in [0, 0.1) is 5.82 Å². The maximum atomic E-state index is 12.8. The van der Waals surface area contributed by atoms with Crippen molar-refractivity contribution >= 4 is 17.4 Å². The summed E-state index contributed by atoms with van der Waals surface area (Å²) >= 11 is 5.46. The van der Waals surface area contributed by atoms with E-state index in [-0.39, 0.29) is 17.2 Å². The fraction of sp³-hybridized carbons (Fsp3) is 0.667. The summed E-state index contributed by atoms with van der Waals surface area (Å²) in [5.41, 5.74) is 0.657. The molecule has 0 amide bonds. The first kappa shape index (κ1) is 29.8. The second kappa shape index (κ2) is 20.3. The topological polar surface area (TPSA) is 23.6 Å². The molecular weight excluding hydrogens is 351 g/mol. The van der Waals surface area contributed by atoms with Crippen molar-refractivity contribution in [2.75, 3.05) is 40.3 Å². The van der Waals surface area contributed by atoms with Crippen LogP contribution in [-0.4, -0.2) is 55.9 Å². The van der Waals surface area contributed by atoms with Crippen LogP contribution >= 0.6 is 11.6 Å². The average molecular weight is 391 g/mol. The van der Waals surface area contributed by atoms with E-state index in [4.69, 9.17) is 11.6 Å². The average Bonchev–Trinajstić information content (AvgIpc) is 2.66. The van der Waals surface area contributed by atoms with Crippen LogP contribution < -0.4 is 0 Å². The molecule has 0 atom stereocenters. The number of halogens is 2. The van der Waals surface area contributed by atoms with Gasteiger partial charge in [0, 0.05) is 32.6 Å². The molecule has 0 N–H and O–H groups in total. The minimum atomic E-state index is -0.476. The molecule has 154 valence electrons. The third kappa shape index (κ3) is 16.5. The second-order valence-electron chi connectivity index (χ2n) is 5.23. The Balaban J connectivity index is -0.000000328. The molecule has 2 rings (SSSR count). The third-order valence-corrected chi connectivity index (χ3v) is 3.47. The summed E-state index contributed by atoms with van der Waals surface area (Å²) in [6.07, 6.45) is 0.258. The molecule has 26 heavy (non-hydrogen) atoms. The molecular formula is C21H40ClFN2O. The summed E-state index contributed by atoms with van der Waals surface area (Å²) in [5, 5.41) is 0.0855. The van der Waals surface area contributed by atoms with E-state index in [1.807, 2.05) is 41.5 Å². The number of ketones is 1. The number of hydrogen-bond acceptors (Lipinski definition) is 3. The highest BCUT2D eigenvalue weighted by atomic mass is 35.5. The van der Waals surface area contributed by atoms with Crippen molar-refractivity contribution in [3.63, 3.8) is 0 Å². The van der Waals surface area contributed by atoms with Crippen molar-refractivity contribution < 1.29 is 9.18 Å². The van der Waals surface area contributed by atoms with Crippen molar-refractivity contribution in [1.29, 1.82) is 0 Å². The lowest BCUT2D eigenvalue weighted by atomic mass is 10.1. The van der Waals surface area contributed by atoms with Crippen LogP contribution in [0.4, 0.5) is 4.39 Å². The van der Waals surface area contributed by atoms with Gasteiger partial charge in [0.25, 0.3) is 0 Å². The number of carbonyl (C=O) groups excluding carboxylic acids is 1. The Kier molecular flexibility index (Phi) is 23.3. The maximum Gasteiger partial charge on any atom is 0.142 e. The summed E-state index contributed by atoms with van der Waals surface area (Å²) in [7, 11) is 4.35. The van der Waals surface area contributed by atoms with Gasteiger partial charge in [0.1, 0.15) is 11.6 Å². The van der Waals surface area contributed by atoms with Crippen molar-refractivity contribution in [3.05, 3.63) is 34.6 Å². The SMILES string of the molecule is CC.CC.CC.CC(=O)Cc1ccc(Cl)c(F)c1.CN1CCN(C)CC1. The summed E-state index contributed by atoms with van der Waals surface area (Å²) < 4.78 is 12.8. The first-order valence-corrected chi connectivity index (χ1v) is 10.1. The van der Waals surface area contributed by atoms with Gasteiger partial charge in [-0.15, -0.1) is 0 Å². The zero-order chi connectivity index (χ0) is 21.1. The summed E-state index contributed by atoms with van der Waals surface area (Å²) in [4.78, 5) is 15.4. The van der Waals surface area contributed by atoms with Gasteiger partial charge in [-0.25, -0.2) is 4.39 Å². The molecule has 1 aromatic rings. The summed E-state index contributed by atoms with van der Waals surface area (Å²) in [6.45, 7) is 18.4. The molecule has 0 spiro atoms. The number of Topliss-reactive ketones (excluding diaryl/α,β-unsaturated/α-hetero) is 1. The monoisotopic (exact) mass is 390 g/mol. The third-order valence-electron chi connectivity index (χ3n) is 3.16. The first-order chi connectivity index (χ1) is 12.4. The van der Waals surface area contributed by atoms with Gasteiger partial charge in [-0.3, -0.25) is 4.79 Å². The number of rotatable bonds is 2. The smallest absolute Gasteiger partial charge is 0.142 e. The van der Waals surface area contributed by atoms with Crippen molar-refractivity contribution in [1.82, 2.24) is 9.80 Å². The highest BCUT2D eigenvalue weighted by Crippen LogP contribution is 2.15. The quantitative estimate of drug-likeness (QED) is 0.661. The highest BCUT2D eigenvalue weighted by Gasteiger charge is 2.07. The van der Waals surface area contributed by atoms with E-state index in [2.05, 4.69) is 23.9 Å². The molecule has 0 radical (unpaired) electrons. The lowest BCUT2D eigenvalue weighted by Crippen LogP contribution is -2.42. The first-order valence-electron chi connectivity index (χ1n) is 9.69. The van der Waals surface area contributed by atoms with Crippen LogP contribution in [-0.2, 0) is 11.2 Å². The van der Waals surface area contributed by atoms with E-state index >= 15 is 0 Å². The second-order valence-corrected chi connectivity index (χ2v) is 5.64. The number of likely N-dealkylation sites (N-methyl/N-ethyl adjacent to an activating group) is 2. The molecule has 1 saturated heterocycles. The van der Waals surface area contributed by atoms with Crippen LogP contribution in [0.25, 0.3) is 0 Å². The molecule has 0 bridgehead atoms. The Bertz CT molecular complexity index is 438. The van der Waals surface area contributed by atoms with Crippen LogP contribution in [0.5, 0.6) is 0 Å². The largest absolute Gasteiger partial charge is 0.304 e. The minimum absolute atomic E-state index is 0.0109. The standard InChI is InChI=1S/C9H8ClFO.C6H14N2.3C2H6/c1-6(12)4-7-2-3-8(10)9(11)5-7;1-7-3-5-8(2)6-4-7;3*1-2/h2-3,5H,4H2,1H3;3-6H2,1-2H3;3*1-2H3. The number of carbonyl (C=O) groups is 1. The number of nitrogens with zero attached hydrogens (tertiary/aromatic N) is 2. The van der Waals surface area contributed by atoms with Crippen LogP contribution in [0.1, 0.15) is 54.0 Å². The number of benzene rings is 1. The fourth-order valence-corrected chi connectivity index (χ4v) is 1.96. The zero-order valence-electron chi connectivity index (χ0n) is 18.3. The Morgan fingerprint density at radius 3 is 1.65 bits per heavy atom. The molecule has 0 aliphatic carbocycles. The van der Waals surface area contributed by atoms with E-state index in [1.165, 1.54) is 45.2 Å². The molecule has 1 aliphatic rings. The Morgan fingerprint density at radius 2 is 1.35 bits per heavy atom. The van der Waals surface area contributed by atoms with Crippen molar-refractivity contribution in [2.45, 2.75) is 54.9 Å². The van der Waals surface area contributed by atoms with Crippen molar-refractivity contribution in [3.8, 4) is 0 Å². The predicted molar refractivity (Wildman–Crippen MR) is 115 cm³/mol. The normalized spacial score (nSPS) is 13.3. The van der Waals surface area contributed by atoms with E-state index < -0.39 is 5.82 Å². The molecule has 0 unspecified atom stereocenters. The lowest BCUT2D eigenvalue weighted by molar-refractivity contribution is -0.116. The lowest BCUT2D eigenvalue weighted by Gasteiger charge is -2.28. The van der Waals surface area contributed by atoms with Gasteiger partial charge in [-0.1, -0.05) is 59.2 Å². The van der Waals surface area contributed by atoms with Crippen LogP contribution in [0.15, 0.2) is 18.2 Å². The minimum Gasteiger partial charge on any atom is -0.304 e. The molecule has 1 heterocycles. The van der Waals surface area contributed by atoms with Crippen LogP contribution in [0.2, 0.25) is 5.02 Å². The zero-order valence-corrected chi connectivity index (χ0v) is 19.1. The molecule has 0 saturated carbocycles. The van der Waals surface area contributed by atoms with Gasteiger partial charge in [0.2, 0.25) is 0 Å². The fourth-order valence-electron chi connectivity index (χ4n) is 1.84. The van der Waals surface area contributed by atoms with E-state index in [0.717, 1.165) is 0 Å². The van der Waals surface area contributed by atoms with Gasteiger partial charge >= 0.3 is 0 Å². The van der Waals surface area contributed by atoms with E-state index in [1.54, 1.807) is 6.07 Å². The highest BCUT2D eigenvalue weighted by molar-refractivity contribution is 6.30. The van der Waals surface area contributed by atoms with Crippen LogP contribution in [0.3, 0.4) is 0 Å². The van der Waals surface area contributed by atoms with Gasteiger partial charge < -0.3 is 9.80 Å². The number of piperazine rings is 1.